The zero-order chi connectivity index (χ0) is 13.2. The van der Waals surface area contributed by atoms with Gasteiger partial charge in [-0.05, 0) is 30.9 Å². The molecule has 100 valence electrons. The van der Waals surface area contributed by atoms with Gasteiger partial charge >= 0.3 is 0 Å². The van der Waals surface area contributed by atoms with E-state index in [2.05, 4.69) is 4.98 Å². The molecule has 6 heteroatoms. The molecular weight excluding hydrogens is 250 g/mol. The van der Waals surface area contributed by atoms with E-state index in [1.165, 1.54) is 6.20 Å². The first-order valence-corrected chi connectivity index (χ1v) is 7.70. The third-order valence-corrected chi connectivity index (χ3v) is 4.87. The summed E-state index contributed by atoms with van der Waals surface area (Å²) in [7, 11) is -3.44. The molecule has 1 heterocycles. The molecule has 0 amide bonds. The fourth-order valence-electron chi connectivity index (χ4n) is 1.89. The van der Waals surface area contributed by atoms with Crippen molar-refractivity contribution in [1.82, 2.24) is 9.29 Å². The largest absolute Gasteiger partial charge is 0.326 e. The number of rotatable bonds is 6. The summed E-state index contributed by atoms with van der Waals surface area (Å²) in [6.07, 6.45) is 4.26. The topological polar surface area (TPSA) is 76.3 Å². The van der Waals surface area contributed by atoms with Crippen LogP contribution >= 0.6 is 0 Å². The van der Waals surface area contributed by atoms with E-state index in [0.717, 1.165) is 24.8 Å². The van der Waals surface area contributed by atoms with Crippen molar-refractivity contribution in [2.45, 2.75) is 43.8 Å². The summed E-state index contributed by atoms with van der Waals surface area (Å²) in [5.41, 5.74) is 6.31. The van der Waals surface area contributed by atoms with Gasteiger partial charge in [0.2, 0.25) is 0 Å². The van der Waals surface area contributed by atoms with Crippen molar-refractivity contribution in [3.05, 3.63) is 23.9 Å². The Morgan fingerprint density at radius 2 is 2.17 bits per heavy atom. The molecule has 0 radical (unpaired) electrons. The normalized spacial score (nSPS) is 16.2. The van der Waals surface area contributed by atoms with Crippen LogP contribution in [0.4, 0.5) is 0 Å². The molecule has 0 spiro atoms. The lowest BCUT2D eigenvalue weighted by Crippen LogP contribution is -2.34. The van der Waals surface area contributed by atoms with E-state index in [4.69, 9.17) is 5.73 Å². The molecule has 1 aliphatic rings. The molecule has 0 aromatic carbocycles. The van der Waals surface area contributed by atoms with E-state index in [-0.39, 0.29) is 11.1 Å². The van der Waals surface area contributed by atoms with Crippen LogP contribution in [0.15, 0.2) is 23.4 Å². The summed E-state index contributed by atoms with van der Waals surface area (Å²) >= 11 is 0. The van der Waals surface area contributed by atoms with Gasteiger partial charge in [0.05, 0.1) is 0 Å². The number of nitrogens with two attached hydrogens (primary N) is 1. The number of aromatic nitrogens is 1. The second-order valence-electron chi connectivity index (χ2n) is 4.56. The Hall–Kier alpha value is -0.980. The second-order valence-corrected chi connectivity index (χ2v) is 6.39. The monoisotopic (exact) mass is 269 g/mol. The lowest BCUT2D eigenvalue weighted by Gasteiger charge is -2.20. The fraction of sp³-hybridized carbons (Fsp3) is 0.583. The van der Waals surface area contributed by atoms with E-state index in [9.17, 15) is 8.42 Å². The first-order chi connectivity index (χ1) is 8.59. The summed E-state index contributed by atoms with van der Waals surface area (Å²) in [4.78, 5) is 4.02. The van der Waals surface area contributed by atoms with E-state index in [1.807, 2.05) is 6.92 Å². The van der Waals surface area contributed by atoms with Gasteiger partial charge in [-0.3, -0.25) is 0 Å². The summed E-state index contributed by atoms with van der Waals surface area (Å²) in [6.45, 7) is 2.91. The summed E-state index contributed by atoms with van der Waals surface area (Å²) in [6, 6.07) is 3.44. The smallest absolute Gasteiger partial charge is 0.260 e. The molecule has 1 aromatic heterocycles. The number of pyridine rings is 1. The van der Waals surface area contributed by atoms with E-state index in [1.54, 1.807) is 16.4 Å². The maximum Gasteiger partial charge on any atom is 0.260 e. The average Bonchev–Trinajstić information content (AvgIpc) is 3.20. The van der Waals surface area contributed by atoms with Crippen molar-refractivity contribution in [2.75, 3.05) is 6.54 Å². The lowest BCUT2D eigenvalue weighted by molar-refractivity contribution is 0.401. The molecule has 18 heavy (non-hydrogen) atoms. The van der Waals surface area contributed by atoms with Gasteiger partial charge in [0, 0.05) is 25.3 Å². The fourth-order valence-corrected chi connectivity index (χ4v) is 3.58. The summed E-state index contributed by atoms with van der Waals surface area (Å²) in [5.74, 6) is 0. The Labute approximate surface area is 108 Å². The first kappa shape index (κ1) is 13.5. The van der Waals surface area contributed by atoms with Crippen molar-refractivity contribution in [3.8, 4) is 0 Å². The van der Waals surface area contributed by atoms with Gasteiger partial charge in [0.1, 0.15) is 0 Å². The van der Waals surface area contributed by atoms with Crippen LogP contribution in [0.2, 0.25) is 0 Å². The molecule has 0 aliphatic heterocycles. The highest BCUT2D eigenvalue weighted by molar-refractivity contribution is 7.89. The first-order valence-electron chi connectivity index (χ1n) is 6.26. The highest BCUT2D eigenvalue weighted by Crippen LogP contribution is 2.31. The zero-order valence-corrected chi connectivity index (χ0v) is 11.4. The Balaban J connectivity index is 2.27. The number of nitrogens with zero attached hydrogens (tertiary/aromatic N) is 2. The highest BCUT2D eigenvalue weighted by atomic mass is 32.2. The van der Waals surface area contributed by atoms with Gasteiger partial charge in [0.15, 0.2) is 5.03 Å². The average molecular weight is 269 g/mol. The zero-order valence-electron chi connectivity index (χ0n) is 10.5. The number of hydrogen-bond donors (Lipinski definition) is 1. The maximum atomic E-state index is 12.4. The summed E-state index contributed by atoms with van der Waals surface area (Å²) in [5, 5.41) is 0.125. The molecule has 0 atom stereocenters. The van der Waals surface area contributed by atoms with Crippen molar-refractivity contribution >= 4 is 10.0 Å². The van der Waals surface area contributed by atoms with Gasteiger partial charge in [-0.1, -0.05) is 13.0 Å². The van der Waals surface area contributed by atoms with Crippen LogP contribution in [-0.2, 0) is 16.6 Å². The summed E-state index contributed by atoms with van der Waals surface area (Å²) < 4.78 is 26.5. The minimum atomic E-state index is -3.44. The number of hydrogen-bond acceptors (Lipinski definition) is 4. The van der Waals surface area contributed by atoms with E-state index in [0.29, 0.717) is 13.1 Å². The van der Waals surface area contributed by atoms with Gasteiger partial charge in [0.25, 0.3) is 10.0 Å². The molecule has 0 unspecified atom stereocenters. The molecule has 0 saturated heterocycles. The quantitative estimate of drug-likeness (QED) is 0.839. The van der Waals surface area contributed by atoms with Crippen molar-refractivity contribution in [2.24, 2.45) is 5.73 Å². The standard InChI is InChI=1S/C12H19N3O2S/c1-2-7-15(11-4-5-11)18(16,17)12-6-3-10(8-13)9-14-12/h3,6,9,11H,2,4-5,7-8,13H2,1H3. The van der Waals surface area contributed by atoms with Crippen LogP contribution < -0.4 is 5.73 Å². The lowest BCUT2D eigenvalue weighted by atomic mass is 10.3. The minimum Gasteiger partial charge on any atom is -0.326 e. The molecule has 1 saturated carbocycles. The van der Waals surface area contributed by atoms with Gasteiger partial charge < -0.3 is 5.73 Å². The van der Waals surface area contributed by atoms with Gasteiger partial charge in [-0.15, -0.1) is 0 Å². The molecular formula is C12H19N3O2S. The molecule has 1 fully saturated rings. The predicted molar refractivity (Wildman–Crippen MR) is 69.3 cm³/mol. The van der Waals surface area contributed by atoms with Crippen molar-refractivity contribution in [1.29, 1.82) is 0 Å². The highest BCUT2D eigenvalue weighted by Gasteiger charge is 2.37. The van der Waals surface area contributed by atoms with Crippen LogP contribution in [-0.4, -0.2) is 30.3 Å². The predicted octanol–water partition coefficient (Wildman–Crippen LogP) is 1.10. The molecule has 1 aromatic rings. The minimum absolute atomic E-state index is 0.125. The SMILES string of the molecule is CCCN(C1CC1)S(=O)(=O)c1ccc(CN)cn1. The Morgan fingerprint density at radius 3 is 2.61 bits per heavy atom. The van der Waals surface area contributed by atoms with Crippen molar-refractivity contribution in [3.63, 3.8) is 0 Å². The molecule has 2 N–H and O–H groups in total. The Kier molecular flexibility index (Phi) is 3.99. The Morgan fingerprint density at radius 1 is 1.44 bits per heavy atom. The van der Waals surface area contributed by atoms with Crippen LogP contribution in [0.25, 0.3) is 0 Å². The second kappa shape index (κ2) is 5.34. The third kappa shape index (κ3) is 2.71. The Bertz CT molecular complexity index is 495. The van der Waals surface area contributed by atoms with E-state index >= 15 is 0 Å². The van der Waals surface area contributed by atoms with E-state index < -0.39 is 10.0 Å². The number of sulfonamides is 1. The van der Waals surface area contributed by atoms with Crippen LogP contribution in [0.3, 0.4) is 0 Å². The molecule has 2 rings (SSSR count). The molecule has 5 nitrogen and oxygen atoms in total. The van der Waals surface area contributed by atoms with Crippen LogP contribution in [0, 0.1) is 0 Å². The van der Waals surface area contributed by atoms with Crippen molar-refractivity contribution < 1.29 is 8.42 Å². The van der Waals surface area contributed by atoms with Crippen LogP contribution in [0.5, 0.6) is 0 Å². The van der Waals surface area contributed by atoms with Crippen LogP contribution in [0.1, 0.15) is 31.7 Å². The van der Waals surface area contributed by atoms with Gasteiger partial charge in [-0.2, -0.15) is 4.31 Å². The third-order valence-electron chi connectivity index (χ3n) is 3.00. The maximum absolute atomic E-state index is 12.4. The molecule has 1 aliphatic carbocycles. The van der Waals surface area contributed by atoms with Gasteiger partial charge in [-0.25, -0.2) is 13.4 Å². The molecule has 0 bridgehead atoms.